The minimum atomic E-state index is -0.151. The van der Waals surface area contributed by atoms with E-state index in [0.717, 1.165) is 49.6 Å². The van der Waals surface area contributed by atoms with Crippen molar-refractivity contribution in [1.29, 1.82) is 0 Å². The van der Waals surface area contributed by atoms with E-state index < -0.39 is 0 Å². The van der Waals surface area contributed by atoms with E-state index >= 15 is 0 Å². The Kier molecular flexibility index (Phi) is 3.46. The maximum Gasteiger partial charge on any atom is 0.123 e. The van der Waals surface area contributed by atoms with Crippen LogP contribution in [0.1, 0.15) is 12.8 Å². The number of allylic oxidation sites excluding steroid dienone is 2. The van der Waals surface area contributed by atoms with Crippen LogP contribution >= 0.6 is 0 Å². The van der Waals surface area contributed by atoms with E-state index in [2.05, 4.69) is 22.0 Å². The summed E-state index contributed by atoms with van der Waals surface area (Å²) in [5.74, 6) is 2.46. The van der Waals surface area contributed by atoms with Gasteiger partial charge in [-0.05, 0) is 54.9 Å². The van der Waals surface area contributed by atoms with Gasteiger partial charge in [-0.2, -0.15) is 0 Å². The third-order valence-corrected chi connectivity index (χ3v) is 5.47. The number of anilines is 1. The van der Waals surface area contributed by atoms with Crippen molar-refractivity contribution in [1.82, 2.24) is 4.90 Å². The molecule has 1 aliphatic heterocycles. The Hall–Kier alpha value is -1.35. The van der Waals surface area contributed by atoms with Crippen LogP contribution < -0.4 is 4.90 Å². The van der Waals surface area contributed by atoms with Crippen LogP contribution in [0.15, 0.2) is 36.4 Å². The van der Waals surface area contributed by atoms with Crippen molar-refractivity contribution >= 4 is 5.69 Å². The molecule has 0 unspecified atom stereocenters. The summed E-state index contributed by atoms with van der Waals surface area (Å²) in [5.41, 5.74) is 1.15. The van der Waals surface area contributed by atoms with Crippen molar-refractivity contribution in [3.8, 4) is 0 Å². The largest absolute Gasteiger partial charge is 0.369 e. The first kappa shape index (κ1) is 13.3. The molecule has 0 spiro atoms. The molecule has 0 radical (unpaired) electrons. The fourth-order valence-electron chi connectivity index (χ4n) is 4.28. The van der Waals surface area contributed by atoms with E-state index in [4.69, 9.17) is 0 Å². The van der Waals surface area contributed by atoms with Crippen LogP contribution in [0, 0.1) is 23.6 Å². The van der Waals surface area contributed by atoms with E-state index in [0.29, 0.717) is 0 Å². The summed E-state index contributed by atoms with van der Waals surface area (Å²) < 4.78 is 13.0. The van der Waals surface area contributed by atoms with E-state index in [1.807, 2.05) is 12.1 Å². The molecule has 2 nitrogen and oxygen atoms in total. The third kappa shape index (κ3) is 2.71. The number of hydrogen-bond acceptors (Lipinski definition) is 2. The Morgan fingerprint density at radius 3 is 2.33 bits per heavy atom. The Morgan fingerprint density at radius 2 is 1.71 bits per heavy atom. The fourth-order valence-corrected chi connectivity index (χ4v) is 4.28. The summed E-state index contributed by atoms with van der Waals surface area (Å²) >= 11 is 0. The first-order chi connectivity index (χ1) is 10.3. The number of piperazine rings is 1. The normalized spacial score (nSPS) is 32.0. The third-order valence-electron chi connectivity index (χ3n) is 5.47. The number of fused-ring (bicyclic) bond motifs is 2. The molecule has 1 saturated carbocycles. The quantitative estimate of drug-likeness (QED) is 0.788. The van der Waals surface area contributed by atoms with Gasteiger partial charge in [-0.25, -0.2) is 4.39 Å². The number of rotatable bonds is 3. The first-order valence-electron chi connectivity index (χ1n) is 8.19. The fraction of sp³-hybridized carbons (Fsp3) is 0.556. The van der Waals surface area contributed by atoms with Crippen molar-refractivity contribution < 1.29 is 4.39 Å². The Morgan fingerprint density at radius 1 is 0.952 bits per heavy atom. The molecule has 4 rings (SSSR count). The number of hydrogen-bond donors (Lipinski definition) is 0. The zero-order valence-corrected chi connectivity index (χ0v) is 12.4. The number of halogens is 1. The smallest absolute Gasteiger partial charge is 0.123 e. The van der Waals surface area contributed by atoms with Crippen LogP contribution in [0.4, 0.5) is 10.1 Å². The molecule has 3 heteroatoms. The average Bonchev–Trinajstić information content (AvgIpc) is 3.12. The van der Waals surface area contributed by atoms with Gasteiger partial charge in [-0.15, -0.1) is 0 Å². The highest BCUT2D eigenvalue weighted by atomic mass is 19.1. The molecule has 1 aromatic rings. The molecule has 21 heavy (non-hydrogen) atoms. The van der Waals surface area contributed by atoms with Crippen molar-refractivity contribution in [3.63, 3.8) is 0 Å². The van der Waals surface area contributed by atoms with Crippen molar-refractivity contribution in [2.75, 3.05) is 37.6 Å². The molecule has 0 aromatic heterocycles. The second-order valence-electron chi connectivity index (χ2n) is 6.80. The molecule has 0 N–H and O–H groups in total. The lowest BCUT2D eigenvalue weighted by atomic mass is 9.93. The molecule has 112 valence electrons. The zero-order valence-electron chi connectivity index (χ0n) is 12.4. The summed E-state index contributed by atoms with van der Waals surface area (Å²) in [6.45, 7) is 5.65. The topological polar surface area (TPSA) is 6.48 Å². The molecular formula is C18H23FN2. The van der Waals surface area contributed by atoms with Gasteiger partial charge < -0.3 is 4.90 Å². The van der Waals surface area contributed by atoms with Gasteiger partial charge in [0.15, 0.2) is 0 Å². The van der Waals surface area contributed by atoms with E-state index in [1.54, 1.807) is 12.1 Å². The highest BCUT2D eigenvalue weighted by Gasteiger charge is 2.36. The van der Waals surface area contributed by atoms with Crippen LogP contribution in [0.25, 0.3) is 0 Å². The molecule has 0 amide bonds. The minimum Gasteiger partial charge on any atom is -0.369 e. The molecule has 3 atom stereocenters. The predicted molar refractivity (Wildman–Crippen MR) is 83.9 cm³/mol. The van der Waals surface area contributed by atoms with Crippen LogP contribution in [0.3, 0.4) is 0 Å². The molecule has 1 saturated heterocycles. The molecular weight excluding hydrogens is 263 g/mol. The van der Waals surface area contributed by atoms with Crippen LogP contribution in [0.5, 0.6) is 0 Å². The van der Waals surface area contributed by atoms with Gasteiger partial charge in [0.05, 0.1) is 0 Å². The van der Waals surface area contributed by atoms with Crippen molar-refractivity contribution in [3.05, 3.63) is 42.2 Å². The lowest BCUT2D eigenvalue weighted by Gasteiger charge is -2.38. The number of nitrogens with zero attached hydrogens (tertiary/aromatic N) is 2. The Labute approximate surface area is 126 Å². The highest BCUT2D eigenvalue weighted by Crippen LogP contribution is 2.43. The van der Waals surface area contributed by atoms with Gasteiger partial charge in [0.2, 0.25) is 0 Å². The van der Waals surface area contributed by atoms with Gasteiger partial charge in [0.25, 0.3) is 0 Å². The summed E-state index contributed by atoms with van der Waals surface area (Å²) in [6, 6.07) is 6.91. The van der Waals surface area contributed by atoms with Gasteiger partial charge in [-0.1, -0.05) is 12.2 Å². The minimum absolute atomic E-state index is 0.151. The SMILES string of the molecule is Fc1ccc(N2CCN(C[C@@H]3C[C@H]4C=C[C@H]3C4)CC2)cc1. The standard InChI is InChI=1S/C18H23FN2/c19-17-3-5-18(6-4-17)21-9-7-20(8-10-21)13-16-12-14-1-2-15(16)11-14/h1-6,14-16H,7-13H2/t14-,15-,16-/m0/s1. The maximum atomic E-state index is 13.0. The Bertz CT molecular complexity index is 517. The highest BCUT2D eigenvalue weighted by molar-refractivity contribution is 5.46. The van der Waals surface area contributed by atoms with Gasteiger partial charge in [0, 0.05) is 38.4 Å². The first-order valence-corrected chi connectivity index (χ1v) is 8.19. The molecule has 2 fully saturated rings. The number of benzene rings is 1. The molecule has 1 aromatic carbocycles. The lowest BCUT2D eigenvalue weighted by molar-refractivity contribution is 0.204. The molecule has 2 bridgehead atoms. The summed E-state index contributed by atoms with van der Waals surface area (Å²) in [5, 5.41) is 0. The second kappa shape index (κ2) is 5.45. The van der Waals surface area contributed by atoms with Gasteiger partial charge in [-0.3, -0.25) is 4.90 Å². The summed E-state index contributed by atoms with van der Waals surface area (Å²) in [4.78, 5) is 5.00. The molecule has 2 aliphatic carbocycles. The van der Waals surface area contributed by atoms with Crippen molar-refractivity contribution in [2.24, 2.45) is 17.8 Å². The van der Waals surface area contributed by atoms with Crippen LogP contribution in [0.2, 0.25) is 0 Å². The van der Waals surface area contributed by atoms with Crippen LogP contribution in [-0.4, -0.2) is 37.6 Å². The summed E-state index contributed by atoms with van der Waals surface area (Å²) in [7, 11) is 0. The Balaban J connectivity index is 1.30. The van der Waals surface area contributed by atoms with Gasteiger partial charge >= 0.3 is 0 Å². The van der Waals surface area contributed by atoms with Crippen molar-refractivity contribution in [2.45, 2.75) is 12.8 Å². The predicted octanol–water partition coefficient (Wildman–Crippen LogP) is 3.16. The zero-order chi connectivity index (χ0) is 14.2. The van der Waals surface area contributed by atoms with E-state index in [-0.39, 0.29) is 5.82 Å². The second-order valence-corrected chi connectivity index (χ2v) is 6.80. The van der Waals surface area contributed by atoms with Crippen LogP contribution in [-0.2, 0) is 0 Å². The lowest BCUT2D eigenvalue weighted by Crippen LogP contribution is -2.48. The molecule has 1 heterocycles. The molecule has 3 aliphatic rings. The average molecular weight is 286 g/mol. The van der Waals surface area contributed by atoms with E-state index in [9.17, 15) is 4.39 Å². The van der Waals surface area contributed by atoms with Gasteiger partial charge in [0.1, 0.15) is 5.82 Å². The van der Waals surface area contributed by atoms with E-state index in [1.165, 1.54) is 19.4 Å². The maximum absolute atomic E-state index is 13.0. The summed E-state index contributed by atoms with van der Waals surface area (Å²) in [6.07, 6.45) is 7.68. The monoisotopic (exact) mass is 286 g/mol.